The van der Waals surface area contributed by atoms with Crippen molar-refractivity contribution in [3.05, 3.63) is 0 Å². The van der Waals surface area contributed by atoms with Gasteiger partial charge in [-0.15, -0.1) is 0 Å². The van der Waals surface area contributed by atoms with Gasteiger partial charge in [0, 0.05) is 20.2 Å². The predicted molar refractivity (Wildman–Crippen MR) is 110 cm³/mol. The highest BCUT2D eigenvalue weighted by molar-refractivity contribution is 5.96. The second-order valence-electron chi connectivity index (χ2n) is 9.76. The number of esters is 1. The van der Waals surface area contributed by atoms with Crippen molar-refractivity contribution in [2.24, 2.45) is 23.2 Å². The van der Waals surface area contributed by atoms with Crippen LogP contribution in [-0.2, 0) is 23.9 Å². The Hall–Kier alpha value is -2.16. The summed E-state index contributed by atoms with van der Waals surface area (Å²) in [7, 11) is 1.50. The van der Waals surface area contributed by atoms with Gasteiger partial charge in [-0.1, -0.05) is 0 Å². The number of carbonyl (C=O) groups excluding carboxylic acids is 4. The van der Waals surface area contributed by atoms with E-state index in [0.29, 0.717) is 37.3 Å². The molecule has 0 aromatic carbocycles. The van der Waals surface area contributed by atoms with E-state index < -0.39 is 30.6 Å². The molecule has 9 nitrogen and oxygen atoms in total. The quantitative estimate of drug-likeness (QED) is 0.459. The maximum absolute atomic E-state index is 13.6. The van der Waals surface area contributed by atoms with Crippen LogP contribution >= 0.6 is 0 Å². The molecule has 5 aliphatic rings. The van der Waals surface area contributed by atoms with E-state index in [4.69, 9.17) is 9.47 Å². The topological polar surface area (TPSA) is 114 Å². The fourth-order valence-electron chi connectivity index (χ4n) is 6.64. The average Bonchev–Trinajstić information content (AvgIpc) is 3.20. The summed E-state index contributed by atoms with van der Waals surface area (Å²) in [6.45, 7) is 0.603. The van der Waals surface area contributed by atoms with E-state index >= 15 is 0 Å². The molecule has 4 aliphatic carbocycles. The third-order valence-corrected chi connectivity index (χ3v) is 7.47. The molecule has 0 radical (unpaired) electrons. The van der Waals surface area contributed by atoms with Gasteiger partial charge in [0.15, 0.2) is 6.61 Å². The van der Waals surface area contributed by atoms with E-state index in [1.54, 1.807) is 4.90 Å². The third-order valence-electron chi connectivity index (χ3n) is 7.47. The van der Waals surface area contributed by atoms with E-state index in [-0.39, 0.29) is 17.9 Å². The molecule has 0 spiro atoms. The third kappa shape index (κ3) is 4.71. The van der Waals surface area contributed by atoms with Crippen LogP contribution < -0.4 is 10.6 Å². The molecule has 1 saturated heterocycles. The summed E-state index contributed by atoms with van der Waals surface area (Å²) in [5.41, 5.74) is -0.296. The van der Waals surface area contributed by atoms with Crippen LogP contribution in [0.5, 0.6) is 0 Å². The lowest BCUT2D eigenvalue weighted by atomic mass is 9.49. The summed E-state index contributed by atoms with van der Waals surface area (Å²) < 4.78 is 9.97. The van der Waals surface area contributed by atoms with E-state index in [0.717, 1.165) is 25.7 Å². The normalized spacial score (nSPS) is 33.3. The number of urea groups is 1. The zero-order valence-corrected chi connectivity index (χ0v) is 18.2. The second kappa shape index (κ2) is 9.14. The molecule has 172 valence electrons. The standard InChI is InChI=1S/C22H33N3O6/c1-30-6-4-23-21(29)24-18(26)13-31-19(27)17-3-2-5-25(17)20(28)22-10-14-7-15(11-22)9-16(8-14)12-22/h14-17H,2-13H2,1H3,(H2,23,24,26,29). The van der Waals surface area contributed by atoms with E-state index in [1.165, 1.54) is 26.4 Å². The molecule has 31 heavy (non-hydrogen) atoms. The maximum atomic E-state index is 13.6. The van der Waals surface area contributed by atoms with Gasteiger partial charge in [0.05, 0.1) is 12.0 Å². The number of hydrogen-bond acceptors (Lipinski definition) is 6. The fraction of sp³-hybridized carbons (Fsp3) is 0.818. The Labute approximate surface area is 182 Å². The van der Waals surface area contributed by atoms with Crippen molar-refractivity contribution in [3.63, 3.8) is 0 Å². The summed E-state index contributed by atoms with van der Waals surface area (Å²) in [6.07, 6.45) is 7.94. The van der Waals surface area contributed by atoms with Gasteiger partial charge in [-0.3, -0.25) is 14.9 Å². The van der Waals surface area contributed by atoms with Crippen LogP contribution in [0.4, 0.5) is 4.79 Å². The summed E-state index contributed by atoms with van der Waals surface area (Å²) in [6, 6.07) is -1.30. The first-order valence-corrected chi connectivity index (χ1v) is 11.4. The molecule has 1 unspecified atom stereocenters. The average molecular weight is 436 g/mol. The Balaban J connectivity index is 1.29. The van der Waals surface area contributed by atoms with E-state index in [9.17, 15) is 19.2 Å². The molecule has 4 bridgehead atoms. The summed E-state index contributed by atoms with van der Waals surface area (Å²) >= 11 is 0. The summed E-state index contributed by atoms with van der Waals surface area (Å²) in [4.78, 5) is 51.5. The molecule has 5 fully saturated rings. The van der Waals surface area contributed by atoms with Crippen molar-refractivity contribution in [2.45, 2.75) is 57.4 Å². The van der Waals surface area contributed by atoms with Crippen LogP contribution in [0.3, 0.4) is 0 Å². The van der Waals surface area contributed by atoms with Crippen molar-refractivity contribution in [2.75, 3.05) is 33.4 Å². The van der Waals surface area contributed by atoms with Gasteiger partial charge in [-0.2, -0.15) is 0 Å². The van der Waals surface area contributed by atoms with Gasteiger partial charge in [0.25, 0.3) is 5.91 Å². The molecule has 1 atom stereocenters. The maximum Gasteiger partial charge on any atom is 0.329 e. The second-order valence-corrected chi connectivity index (χ2v) is 9.76. The summed E-state index contributed by atoms with van der Waals surface area (Å²) in [5.74, 6) is 0.810. The van der Waals surface area contributed by atoms with Crippen LogP contribution in [0.25, 0.3) is 0 Å². The molecule has 1 heterocycles. The molecule has 0 aromatic rings. The van der Waals surface area contributed by atoms with E-state index in [2.05, 4.69) is 10.6 Å². The Morgan fingerprint density at radius 2 is 1.68 bits per heavy atom. The number of hydrogen-bond donors (Lipinski definition) is 2. The zero-order valence-electron chi connectivity index (χ0n) is 18.2. The zero-order chi connectivity index (χ0) is 22.0. The minimum Gasteiger partial charge on any atom is -0.454 e. The van der Waals surface area contributed by atoms with Crippen molar-refractivity contribution >= 4 is 23.8 Å². The van der Waals surface area contributed by atoms with Crippen molar-refractivity contribution in [3.8, 4) is 0 Å². The van der Waals surface area contributed by atoms with Crippen LogP contribution in [0, 0.1) is 23.2 Å². The SMILES string of the molecule is COCCNC(=O)NC(=O)COC(=O)C1CCCN1C(=O)C12CC3CC(CC(C3)C1)C2. The number of likely N-dealkylation sites (tertiary alicyclic amines) is 1. The molecule has 4 amide bonds. The van der Waals surface area contributed by atoms with Gasteiger partial charge >= 0.3 is 12.0 Å². The van der Waals surface area contributed by atoms with Gasteiger partial charge in [0.2, 0.25) is 5.91 Å². The minimum atomic E-state index is -0.708. The Morgan fingerprint density at radius 1 is 1.03 bits per heavy atom. The molecular weight excluding hydrogens is 402 g/mol. The number of amides is 4. The number of imide groups is 1. The smallest absolute Gasteiger partial charge is 0.329 e. The highest BCUT2D eigenvalue weighted by Gasteiger charge is 2.57. The van der Waals surface area contributed by atoms with Crippen molar-refractivity contribution < 1.29 is 28.7 Å². The molecule has 4 saturated carbocycles. The first kappa shape index (κ1) is 22.0. The Kier molecular flexibility index (Phi) is 6.50. The molecular formula is C22H33N3O6. The molecule has 0 aromatic heterocycles. The van der Waals surface area contributed by atoms with Crippen molar-refractivity contribution in [1.29, 1.82) is 0 Å². The van der Waals surface area contributed by atoms with Crippen LogP contribution in [0.1, 0.15) is 51.4 Å². The van der Waals surface area contributed by atoms with Gasteiger partial charge in [0.1, 0.15) is 6.04 Å². The highest BCUT2D eigenvalue weighted by atomic mass is 16.5. The fourth-order valence-corrected chi connectivity index (χ4v) is 6.64. The number of methoxy groups -OCH3 is 1. The monoisotopic (exact) mass is 435 g/mol. The van der Waals surface area contributed by atoms with Crippen LogP contribution in [0.2, 0.25) is 0 Å². The molecule has 9 heteroatoms. The lowest BCUT2D eigenvalue weighted by Gasteiger charge is -2.56. The predicted octanol–water partition coefficient (Wildman–Crippen LogP) is 1.21. The Morgan fingerprint density at radius 3 is 2.29 bits per heavy atom. The molecule has 1 aliphatic heterocycles. The number of ether oxygens (including phenoxy) is 2. The number of rotatable bonds is 7. The lowest BCUT2D eigenvalue weighted by molar-refractivity contribution is -0.166. The van der Waals surface area contributed by atoms with Gasteiger partial charge in [-0.25, -0.2) is 9.59 Å². The first-order chi connectivity index (χ1) is 14.9. The minimum absolute atomic E-state index is 0.119. The number of carbonyl (C=O) groups is 4. The largest absolute Gasteiger partial charge is 0.454 e. The van der Waals surface area contributed by atoms with Crippen molar-refractivity contribution in [1.82, 2.24) is 15.5 Å². The first-order valence-electron chi connectivity index (χ1n) is 11.4. The molecule has 2 N–H and O–H groups in total. The van der Waals surface area contributed by atoms with Crippen LogP contribution in [0.15, 0.2) is 0 Å². The summed E-state index contributed by atoms with van der Waals surface area (Å²) in [5, 5.41) is 4.56. The lowest BCUT2D eigenvalue weighted by Crippen LogP contribution is -2.56. The van der Waals surface area contributed by atoms with Gasteiger partial charge in [-0.05, 0) is 69.1 Å². The van der Waals surface area contributed by atoms with Gasteiger partial charge < -0.3 is 19.7 Å². The highest BCUT2D eigenvalue weighted by Crippen LogP contribution is 2.60. The number of nitrogens with one attached hydrogen (secondary N) is 2. The van der Waals surface area contributed by atoms with E-state index in [1.807, 2.05) is 0 Å². The Bertz CT molecular complexity index is 703. The molecule has 5 rings (SSSR count). The number of nitrogens with zero attached hydrogens (tertiary/aromatic N) is 1. The van der Waals surface area contributed by atoms with Crippen LogP contribution in [-0.4, -0.2) is 68.2 Å².